The van der Waals surface area contributed by atoms with Gasteiger partial charge in [0.2, 0.25) is 0 Å². The number of amides is 4. The summed E-state index contributed by atoms with van der Waals surface area (Å²) in [7, 11) is 0. The number of nitrogens with one attached hydrogen (secondary N) is 2. The molecule has 208 valence electrons. The first-order chi connectivity index (χ1) is 18.6. The first kappa shape index (κ1) is 28.3. The zero-order valence-corrected chi connectivity index (χ0v) is 21.8. The average molecular weight is 563 g/mol. The molecule has 0 radical (unpaired) electrons. The van der Waals surface area contributed by atoms with E-state index in [9.17, 15) is 33.1 Å². The molecule has 2 unspecified atom stereocenters. The van der Waals surface area contributed by atoms with Crippen molar-refractivity contribution in [3.05, 3.63) is 64.7 Å². The van der Waals surface area contributed by atoms with Crippen molar-refractivity contribution < 1.29 is 33.1 Å². The van der Waals surface area contributed by atoms with Gasteiger partial charge in [-0.05, 0) is 49.1 Å². The van der Waals surface area contributed by atoms with Crippen LogP contribution in [-0.2, 0) is 9.59 Å². The second-order valence-electron chi connectivity index (χ2n) is 9.78. The molecule has 4 amide bonds. The van der Waals surface area contributed by atoms with Gasteiger partial charge in [0.15, 0.2) is 6.17 Å². The summed E-state index contributed by atoms with van der Waals surface area (Å²) in [4.78, 5) is 54.1. The van der Waals surface area contributed by atoms with E-state index in [1.54, 1.807) is 18.2 Å². The van der Waals surface area contributed by atoms with E-state index in [1.165, 1.54) is 6.07 Å². The lowest BCUT2D eigenvalue weighted by Gasteiger charge is -2.34. The normalized spacial score (nSPS) is 18.5. The zero-order chi connectivity index (χ0) is 28.1. The number of carbonyl (C=O) groups excluding carboxylic acids is 3. The molecule has 1 saturated heterocycles. The van der Waals surface area contributed by atoms with Crippen LogP contribution >= 0.6 is 11.6 Å². The van der Waals surface area contributed by atoms with E-state index in [0.717, 1.165) is 54.0 Å². The lowest BCUT2D eigenvalue weighted by atomic mass is 9.82. The Kier molecular flexibility index (Phi) is 9.01. The third-order valence-electron chi connectivity index (χ3n) is 7.05. The highest BCUT2D eigenvalue weighted by molar-refractivity contribution is 6.30. The van der Waals surface area contributed by atoms with Crippen molar-refractivity contribution in [1.82, 2.24) is 15.1 Å². The lowest BCUT2D eigenvalue weighted by Crippen LogP contribution is -2.57. The molecule has 3 N–H and O–H groups in total. The minimum atomic E-state index is -1.48. The van der Waals surface area contributed by atoms with E-state index in [1.807, 2.05) is 0 Å². The van der Waals surface area contributed by atoms with E-state index in [-0.39, 0.29) is 31.0 Å². The molecule has 1 aliphatic heterocycles. The molecule has 2 fully saturated rings. The van der Waals surface area contributed by atoms with Gasteiger partial charge in [-0.1, -0.05) is 36.9 Å². The standard InChI is InChI=1S/C27H29ClF2N4O5/c28-18-7-4-8-21(13-18)31-27(39)34-10-9-33(26(38)17-11-19(29)14-20(30)12-17)25(34)24(37)32-22(15-23(35)36)16-5-2-1-3-6-16/h4,7-8,11-14,16,22,25H,1-3,5-6,9-10,15H2,(H,31,39)(H,32,37)(H,35,36). The highest BCUT2D eigenvalue weighted by Crippen LogP contribution is 2.29. The van der Waals surface area contributed by atoms with E-state index in [0.29, 0.717) is 16.8 Å². The number of rotatable bonds is 7. The van der Waals surface area contributed by atoms with Gasteiger partial charge < -0.3 is 20.6 Å². The summed E-state index contributed by atoms with van der Waals surface area (Å²) in [6, 6.07) is 7.26. The summed E-state index contributed by atoms with van der Waals surface area (Å²) in [6.45, 7) is -0.147. The second kappa shape index (κ2) is 12.4. The minimum Gasteiger partial charge on any atom is -0.481 e. The number of carboxylic acid groups (broad SMARTS) is 1. The van der Waals surface area contributed by atoms with Crippen LogP contribution in [0.3, 0.4) is 0 Å². The third-order valence-corrected chi connectivity index (χ3v) is 7.29. The quantitative estimate of drug-likeness (QED) is 0.460. The molecule has 2 aromatic rings. The van der Waals surface area contributed by atoms with Crippen LogP contribution in [0.2, 0.25) is 5.02 Å². The van der Waals surface area contributed by atoms with Crippen molar-refractivity contribution in [2.24, 2.45) is 5.92 Å². The molecule has 1 heterocycles. The SMILES string of the molecule is O=C(O)CC(NC(=O)C1N(C(=O)Nc2cccc(Cl)c2)CCN1C(=O)c1cc(F)cc(F)c1)C1CCCCC1. The molecule has 0 aromatic heterocycles. The van der Waals surface area contributed by atoms with Gasteiger partial charge in [-0.25, -0.2) is 13.6 Å². The number of benzene rings is 2. The van der Waals surface area contributed by atoms with E-state index < -0.39 is 47.7 Å². The Morgan fingerprint density at radius 3 is 2.28 bits per heavy atom. The Hall–Kier alpha value is -3.73. The number of carboxylic acids is 1. The van der Waals surface area contributed by atoms with Crippen molar-refractivity contribution in [2.75, 3.05) is 18.4 Å². The smallest absolute Gasteiger partial charge is 0.323 e. The third kappa shape index (κ3) is 7.03. The molecule has 12 heteroatoms. The van der Waals surface area contributed by atoms with Crippen LogP contribution in [0.5, 0.6) is 0 Å². The maximum absolute atomic E-state index is 13.9. The lowest BCUT2D eigenvalue weighted by molar-refractivity contribution is -0.138. The van der Waals surface area contributed by atoms with Crippen molar-refractivity contribution in [2.45, 2.75) is 50.7 Å². The maximum atomic E-state index is 13.9. The minimum absolute atomic E-state index is 0.0545. The summed E-state index contributed by atoms with van der Waals surface area (Å²) < 4.78 is 27.8. The van der Waals surface area contributed by atoms with Crippen LogP contribution in [0.25, 0.3) is 0 Å². The van der Waals surface area contributed by atoms with Gasteiger partial charge in [0, 0.05) is 41.5 Å². The van der Waals surface area contributed by atoms with Crippen LogP contribution in [0, 0.1) is 17.6 Å². The fourth-order valence-electron chi connectivity index (χ4n) is 5.26. The Morgan fingerprint density at radius 2 is 1.64 bits per heavy atom. The fraction of sp³-hybridized carbons (Fsp3) is 0.407. The van der Waals surface area contributed by atoms with E-state index in [2.05, 4.69) is 10.6 Å². The number of aliphatic carboxylic acids is 1. The van der Waals surface area contributed by atoms with E-state index >= 15 is 0 Å². The summed E-state index contributed by atoms with van der Waals surface area (Å²) in [5.74, 6) is -4.69. The number of nitrogens with zero attached hydrogens (tertiary/aromatic N) is 2. The molecule has 1 aliphatic carbocycles. The number of hydrogen-bond donors (Lipinski definition) is 3. The fourth-order valence-corrected chi connectivity index (χ4v) is 5.45. The van der Waals surface area contributed by atoms with Crippen molar-refractivity contribution in [3.63, 3.8) is 0 Å². The predicted octanol–water partition coefficient (Wildman–Crippen LogP) is 4.47. The zero-order valence-electron chi connectivity index (χ0n) is 21.0. The van der Waals surface area contributed by atoms with Gasteiger partial charge in [0.1, 0.15) is 11.6 Å². The Bertz CT molecular complexity index is 1240. The van der Waals surface area contributed by atoms with Crippen LogP contribution < -0.4 is 10.6 Å². The first-order valence-corrected chi connectivity index (χ1v) is 13.1. The van der Waals surface area contributed by atoms with Gasteiger partial charge in [-0.15, -0.1) is 0 Å². The molecule has 9 nitrogen and oxygen atoms in total. The molecular formula is C27H29ClF2N4O5. The summed E-state index contributed by atoms with van der Waals surface area (Å²) in [6.07, 6.45) is 2.52. The summed E-state index contributed by atoms with van der Waals surface area (Å²) >= 11 is 6.01. The van der Waals surface area contributed by atoms with Crippen LogP contribution in [0.4, 0.5) is 19.3 Å². The molecule has 2 aromatic carbocycles. The molecule has 4 rings (SSSR count). The number of urea groups is 1. The molecule has 0 spiro atoms. The molecule has 39 heavy (non-hydrogen) atoms. The number of hydrogen-bond acceptors (Lipinski definition) is 4. The highest BCUT2D eigenvalue weighted by atomic mass is 35.5. The van der Waals surface area contributed by atoms with Crippen molar-refractivity contribution >= 4 is 41.1 Å². The largest absolute Gasteiger partial charge is 0.481 e. The topological polar surface area (TPSA) is 119 Å². The van der Waals surface area contributed by atoms with Crippen molar-refractivity contribution in [1.29, 1.82) is 0 Å². The predicted molar refractivity (Wildman–Crippen MR) is 139 cm³/mol. The van der Waals surface area contributed by atoms with Gasteiger partial charge in [-0.2, -0.15) is 0 Å². The number of halogens is 3. The monoisotopic (exact) mass is 562 g/mol. The molecule has 2 atom stereocenters. The maximum Gasteiger partial charge on any atom is 0.323 e. The Balaban J connectivity index is 1.62. The highest BCUT2D eigenvalue weighted by Gasteiger charge is 2.44. The van der Waals surface area contributed by atoms with Crippen LogP contribution in [0.15, 0.2) is 42.5 Å². The summed E-state index contributed by atoms with van der Waals surface area (Å²) in [5, 5.41) is 15.3. The molecular weight excluding hydrogens is 534 g/mol. The molecule has 0 bridgehead atoms. The summed E-state index contributed by atoms with van der Waals surface area (Å²) in [5.41, 5.74) is 0.0337. The molecule has 2 aliphatic rings. The number of anilines is 1. The van der Waals surface area contributed by atoms with E-state index in [4.69, 9.17) is 11.6 Å². The number of carbonyl (C=O) groups is 4. The van der Waals surface area contributed by atoms with Gasteiger partial charge in [-0.3, -0.25) is 19.3 Å². The first-order valence-electron chi connectivity index (χ1n) is 12.7. The molecule has 1 saturated carbocycles. The van der Waals surface area contributed by atoms with Gasteiger partial charge in [0.05, 0.1) is 6.42 Å². The van der Waals surface area contributed by atoms with Crippen LogP contribution in [0.1, 0.15) is 48.9 Å². The average Bonchev–Trinajstić information content (AvgIpc) is 3.33. The van der Waals surface area contributed by atoms with Gasteiger partial charge >= 0.3 is 12.0 Å². The Labute approximate surface area is 229 Å². The van der Waals surface area contributed by atoms with Gasteiger partial charge in [0.25, 0.3) is 11.8 Å². The van der Waals surface area contributed by atoms with Crippen molar-refractivity contribution in [3.8, 4) is 0 Å². The Morgan fingerprint density at radius 1 is 0.974 bits per heavy atom. The second-order valence-corrected chi connectivity index (χ2v) is 10.2. The van der Waals surface area contributed by atoms with Crippen LogP contribution in [-0.4, -0.2) is 64.0 Å².